The molecule has 0 aromatic carbocycles. The number of aromatic nitrogens is 3. The van der Waals surface area contributed by atoms with E-state index in [9.17, 15) is 9.59 Å². The van der Waals surface area contributed by atoms with Gasteiger partial charge in [-0.05, 0) is 17.7 Å². The molecule has 0 atom stereocenters. The highest BCUT2D eigenvalue weighted by molar-refractivity contribution is 6.32. The fraction of sp³-hybridized carbons (Fsp3) is 0.200. The minimum absolute atomic E-state index is 0.00651. The first-order valence-corrected chi connectivity index (χ1v) is 5.56. The molecule has 2 aromatic heterocycles. The second-order valence-electron chi connectivity index (χ2n) is 3.59. The van der Waals surface area contributed by atoms with Gasteiger partial charge >= 0.3 is 5.97 Å². The largest absolute Gasteiger partial charge is 0.480 e. The van der Waals surface area contributed by atoms with E-state index in [4.69, 9.17) is 21.1 Å². The van der Waals surface area contributed by atoms with E-state index in [1.54, 1.807) is 0 Å². The molecule has 0 saturated heterocycles. The quantitative estimate of drug-likeness (QED) is 0.829. The number of aliphatic carboxylic acids is 1. The molecule has 2 rings (SSSR count). The van der Waals surface area contributed by atoms with E-state index in [-0.39, 0.29) is 23.9 Å². The van der Waals surface area contributed by atoms with E-state index >= 15 is 0 Å². The van der Waals surface area contributed by atoms with Crippen molar-refractivity contribution in [3.05, 3.63) is 35.0 Å². The van der Waals surface area contributed by atoms with Gasteiger partial charge in [-0.2, -0.15) is 0 Å². The lowest BCUT2D eigenvalue weighted by Gasteiger charge is -2.00. The molecule has 9 heteroatoms. The zero-order valence-corrected chi connectivity index (χ0v) is 10.3. The van der Waals surface area contributed by atoms with Crippen LogP contribution in [0.5, 0.6) is 0 Å². The number of carboxylic acids is 1. The van der Waals surface area contributed by atoms with Crippen molar-refractivity contribution in [2.24, 2.45) is 0 Å². The zero-order valence-electron chi connectivity index (χ0n) is 9.54. The Kier molecular flexibility index (Phi) is 3.81. The van der Waals surface area contributed by atoms with Crippen LogP contribution in [0.2, 0.25) is 5.22 Å². The molecule has 2 aromatic rings. The van der Waals surface area contributed by atoms with Crippen LogP contribution < -0.4 is 5.32 Å². The molecule has 2 N–H and O–H groups in total. The van der Waals surface area contributed by atoms with Gasteiger partial charge in [-0.15, -0.1) is 5.10 Å². The summed E-state index contributed by atoms with van der Waals surface area (Å²) < 4.78 is 5.95. The maximum absolute atomic E-state index is 11.7. The van der Waals surface area contributed by atoms with Gasteiger partial charge in [0, 0.05) is 0 Å². The summed E-state index contributed by atoms with van der Waals surface area (Å²) in [6.45, 7) is -0.172. The number of amides is 1. The first-order valence-electron chi connectivity index (χ1n) is 5.18. The summed E-state index contributed by atoms with van der Waals surface area (Å²) in [6.07, 6.45) is 2.74. The van der Waals surface area contributed by atoms with Crippen molar-refractivity contribution in [2.75, 3.05) is 0 Å². The highest BCUT2D eigenvalue weighted by Gasteiger charge is 2.13. The summed E-state index contributed by atoms with van der Waals surface area (Å²) >= 11 is 5.65. The molecule has 19 heavy (non-hydrogen) atoms. The highest BCUT2D eigenvalue weighted by atomic mass is 35.5. The third-order valence-corrected chi connectivity index (χ3v) is 2.47. The molecule has 0 bridgehead atoms. The summed E-state index contributed by atoms with van der Waals surface area (Å²) in [4.78, 5) is 22.1. The molecule has 0 aliphatic heterocycles. The van der Waals surface area contributed by atoms with Crippen LogP contribution in [0.4, 0.5) is 0 Å². The topological polar surface area (TPSA) is 110 Å². The normalized spacial score (nSPS) is 10.4. The highest BCUT2D eigenvalue weighted by Crippen LogP contribution is 2.16. The van der Waals surface area contributed by atoms with Gasteiger partial charge in [0.2, 0.25) is 5.22 Å². The SMILES string of the molecule is O=C(O)Cn1cc(CNC(=O)c2ccoc2Cl)nn1. The Bertz CT molecular complexity index is 606. The van der Waals surface area contributed by atoms with Crippen molar-refractivity contribution in [3.63, 3.8) is 0 Å². The van der Waals surface area contributed by atoms with Crippen LogP contribution in [-0.4, -0.2) is 32.0 Å². The van der Waals surface area contributed by atoms with Gasteiger partial charge in [-0.3, -0.25) is 9.59 Å². The Balaban J connectivity index is 1.92. The number of carbonyl (C=O) groups is 2. The van der Waals surface area contributed by atoms with Crippen LogP contribution in [0.25, 0.3) is 0 Å². The number of hydrogen-bond acceptors (Lipinski definition) is 5. The fourth-order valence-electron chi connectivity index (χ4n) is 1.36. The molecule has 0 aliphatic rings. The third-order valence-electron chi connectivity index (χ3n) is 2.18. The maximum Gasteiger partial charge on any atom is 0.325 e. The van der Waals surface area contributed by atoms with E-state index in [2.05, 4.69) is 15.6 Å². The zero-order chi connectivity index (χ0) is 13.8. The van der Waals surface area contributed by atoms with Crippen molar-refractivity contribution < 1.29 is 19.1 Å². The van der Waals surface area contributed by atoms with Crippen LogP contribution in [0.3, 0.4) is 0 Å². The van der Waals surface area contributed by atoms with Gasteiger partial charge in [0.05, 0.1) is 24.6 Å². The van der Waals surface area contributed by atoms with Crippen molar-refractivity contribution in [2.45, 2.75) is 13.1 Å². The molecule has 8 nitrogen and oxygen atoms in total. The van der Waals surface area contributed by atoms with Crippen molar-refractivity contribution in [1.82, 2.24) is 20.3 Å². The number of nitrogens with zero attached hydrogens (tertiary/aromatic N) is 3. The standard InChI is InChI=1S/C10H9ClN4O4/c11-9-7(1-2-19-9)10(18)12-3-6-4-15(14-13-6)5-8(16)17/h1-2,4H,3,5H2,(H,12,18)(H,16,17). The van der Waals surface area contributed by atoms with Crippen molar-refractivity contribution in [1.29, 1.82) is 0 Å². The molecule has 0 radical (unpaired) electrons. The summed E-state index contributed by atoms with van der Waals surface area (Å²) in [5.74, 6) is -1.43. The van der Waals surface area contributed by atoms with E-state index in [0.717, 1.165) is 4.68 Å². The van der Waals surface area contributed by atoms with Gasteiger partial charge in [0.15, 0.2) is 0 Å². The van der Waals surface area contributed by atoms with Gasteiger partial charge in [0.25, 0.3) is 5.91 Å². The molecule has 0 unspecified atom stereocenters. The Morgan fingerprint density at radius 1 is 1.53 bits per heavy atom. The summed E-state index contributed by atoms with van der Waals surface area (Å²) in [6, 6.07) is 1.44. The number of furan rings is 1. The minimum Gasteiger partial charge on any atom is -0.480 e. The fourth-order valence-corrected chi connectivity index (χ4v) is 1.56. The van der Waals surface area contributed by atoms with Crippen LogP contribution in [0, 0.1) is 0 Å². The molecule has 2 heterocycles. The lowest BCUT2D eigenvalue weighted by atomic mass is 10.3. The van der Waals surface area contributed by atoms with Crippen molar-refractivity contribution in [3.8, 4) is 0 Å². The number of carboxylic acid groups (broad SMARTS) is 1. The molecule has 0 spiro atoms. The van der Waals surface area contributed by atoms with Gasteiger partial charge in [-0.25, -0.2) is 4.68 Å². The minimum atomic E-state index is -1.02. The number of rotatable bonds is 5. The molecule has 0 saturated carbocycles. The average molecular weight is 285 g/mol. The first kappa shape index (κ1) is 13.1. The Morgan fingerprint density at radius 3 is 2.95 bits per heavy atom. The molecule has 0 fully saturated rings. The summed E-state index contributed by atoms with van der Waals surface area (Å²) in [7, 11) is 0. The van der Waals surface area contributed by atoms with E-state index in [0.29, 0.717) is 5.69 Å². The van der Waals surface area contributed by atoms with Crippen LogP contribution in [0.1, 0.15) is 16.1 Å². The maximum atomic E-state index is 11.7. The van der Waals surface area contributed by atoms with Crippen LogP contribution in [0.15, 0.2) is 22.9 Å². The van der Waals surface area contributed by atoms with Gasteiger partial charge in [0.1, 0.15) is 12.2 Å². The van der Waals surface area contributed by atoms with E-state index in [1.807, 2.05) is 0 Å². The number of hydrogen-bond donors (Lipinski definition) is 2. The van der Waals surface area contributed by atoms with Crippen LogP contribution in [-0.2, 0) is 17.9 Å². The molecular formula is C10H9ClN4O4. The van der Waals surface area contributed by atoms with Gasteiger partial charge < -0.3 is 14.8 Å². The molecule has 100 valence electrons. The average Bonchev–Trinajstić information content (AvgIpc) is 2.94. The second kappa shape index (κ2) is 5.53. The monoisotopic (exact) mass is 284 g/mol. The second-order valence-corrected chi connectivity index (χ2v) is 3.94. The third kappa shape index (κ3) is 3.32. The predicted octanol–water partition coefficient (Wildman–Crippen LogP) is 0.539. The van der Waals surface area contributed by atoms with E-state index < -0.39 is 11.9 Å². The number of carbonyl (C=O) groups excluding carboxylic acids is 1. The van der Waals surface area contributed by atoms with Crippen LogP contribution >= 0.6 is 11.6 Å². The number of halogens is 1. The lowest BCUT2D eigenvalue weighted by molar-refractivity contribution is -0.137. The first-order chi connectivity index (χ1) is 9.06. The van der Waals surface area contributed by atoms with E-state index in [1.165, 1.54) is 18.5 Å². The Hall–Kier alpha value is -2.35. The predicted molar refractivity (Wildman–Crippen MR) is 62.5 cm³/mol. The Labute approximate surface area is 112 Å². The molecule has 0 aliphatic carbocycles. The van der Waals surface area contributed by atoms with Crippen molar-refractivity contribution >= 4 is 23.5 Å². The van der Waals surface area contributed by atoms with Gasteiger partial charge in [-0.1, -0.05) is 5.21 Å². The lowest BCUT2D eigenvalue weighted by Crippen LogP contribution is -2.22. The summed E-state index contributed by atoms with van der Waals surface area (Å²) in [5.41, 5.74) is 0.661. The summed E-state index contributed by atoms with van der Waals surface area (Å²) in [5, 5.41) is 18.5. The number of nitrogens with one attached hydrogen (secondary N) is 1. The Morgan fingerprint density at radius 2 is 2.32 bits per heavy atom. The molecule has 1 amide bonds. The smallest absolute Gasteiger partial charge is 0.325 e. The molecular weight excluding hydrogens is 276 g/mol.